The molecule has 0 radical (unpaired) electrons. The largest absolute Gasteiger partial charge is 0.314 e. The van der Waals surface area contributed by atoms with Crippen molar-refractivity contribution < 1.29 is 0 Å². The van der Waals surface area contributed by atoms with Crippen LogP contribution in [0.3, 0.4) is 0 Å². The highest BCUT2D eigenvalue weighted by molar-refractivity contribution is 7.15. The smallest absolute Gasteiger partial charge is 0.193 e. The first-order valence-electron chi connectivity index (χ1n) is 6.61. The van der Waals surface area contributed by atoms with E-state index in [1.165, 1.54) is 24.1 Å². The van der Waals surface area contributed by atoms with Gasteiger partial charge >= 0.3 is 0 Å². The summed E-state index contributed by atoms with van der Waals surface area (Å²) in [5.41, 5.74) is 2.59. The number of imidazole rings is 1. The van der Waals surface area contributed by atoms with Crippen LogP contribution in [0.15, 0.2) is 29.4 Å². The maximum atomic E-state index is 4.60. The lowest BCUT2D eigenvalue weighted by Gasteiger charge is -2.00. The predicted molar refractivity (Wildman–Crippen MR) is 76.2 cm³/mol. The highest BCUT2D eigenvalue weighted by atomic mass is 32.1. The topological polar surface area (TPSA) is 29.3 Å². The van der Waals surface area contributed by atoms with Gasteiger partial charge in [-0.15, -0.1) is 11.3 Å². The second kappa shape index (κ2) is 5.24. The van der Waals surface area contributed by atoms with Gasteiger partial charge in [0, 0.05) is 30.2 Å². The fraction of sp³-hybridized carbons (Fsp3) is 0.500. The van der Waals surface area contributed by atoms with E-state index in [1.54, 1.807) is 11.3 Å². The number of nitrogens with one attached hydrogen (secondary N) is 1. The first-order chi connectivity index (χ1) is 8.81. The van der Waals surface area contributed by atoms with Crippen LogP contribution < -0.4 is 5.32 Å². The molecule has 0 bridgehead atoms. The molecule has 0 amide bonds. The Labute approximate surface area is 112 Å². The summed E-state index contributed by atoms with van der Waals surface area (Å²) in [6.07, 6.45) is 11.4. The van der Waals surface area contributed by atoms with Crippen molar-refractivity contribution in [3.63, 3.8) is 0 Å². The molecule has 1 fully saturated rings. The standard InChI is InChI=1S/C14H19N3S/c1-11(3-2-6-15-12-4-5-12)9-13-10-17-7-8-18-14(17)16-13/h3,7-8,10,12,15H,2,4-6,9H2,1H3/b11-3-. The number of hydrogen-bond donors (Lipinski definition) is 1. The van der Waals surface area contributed by atoms with E-state index in [0.717, 1.165) is 30.4 Å². The summed E-state index contributed by atoms with van der Waals surface area (Å²) in [6.45, 7) is 3.31. The van der Waals surface area contributed by atoms with Crippen LogP contribution in [0.4, 0.5) is 0 Å². The quantitative estimate of drug-likeness (QED) is 0.640. The molecule has 2 aromatic rings. The summed E-state index contributed by atoms with van der Waals surface area (Å²) in [6, 6.07) is 0.818. The molecule has 3 nitrogen and oxygen atoms in total. The summed E-state index contributed by atoms with van der Waals surface area (Å²) in [5.74, 6) is 0. The minimum atomic E-state index is 0.818. The predicted octanol–water partition coefficient (Wildman–Crippen LogP) is 3.03. The number of hydrogen-bond acceptors (Lipinski definition) is 3. The van der Waals surface area contributed by atoms with Crippen molar-refractivity contribution in [3.8, 4) is 0 Å². The number of rotatable bonds is 6. The van der Waals surface area contributed by atoms with Crippen molar-refractivity contribution in [1.82, 2.24) is 14.7 Å². The lowest BCUT2D eigenvalue weighted by molar-refractivity contribution is 0.688. The monoisotopic (exact) mass is 261 g/mol. The normalized spacial score (nSPS) is 16.6. The van der Waals surface area contributed by atoms with Crippen LogP contribution in [-0.4, -0.2) is 22.0 Å². The number of nitrogens with zero attached hydrogens (tertiary/aromatic N) is 2. The lowest BCUT2D eigenvalue weighted by atomic mass is 10.1. The molecule has 3 rings (SSSR count). The van der Waals surface area contributed by atoms with Crippen LogP contribution in [0.25, 0.3) is 4.96 Å². The first kappa shape index (κ1) is 11.9. The summed E-state index contributed by atoms with van der Waals surface area (Å²) in [5, 5.41) is 5.60. The van der Waals surface area contributed by atoms with Crippen molar-refractivity contribution >= 4 is 16.3 Å². The molecular formula is C14H19N3S. The third-order valence-corrected chi connectivity index (χ3v) is 4.02. The van der Waals surface area contributed by atoms with Gasteiger partial charge in [0.05, 0.1) is 5.69 Å². The van der Waals surface area contributed by atoms with E-state index in [1.807, 2.05) is 0 Å². The van der Waals surface area contributed by atoms with Gasteiger partial charge in [-0.05, 0) is 32.7 Å². The zero-order valence-corrected chi connectivity index (χ0v) is 11.5. The van der Waals surface area contributed by atoms with E-state index in [0.29, 0.717) is 0 Å². The van der Waals surface area contributed by atoms with E-state index < -0.39 is 0 Å². The van der Waals surface area contributed by atoms with Crippen molar-refractivity contribution in [2.24, 2.45) is 0 Å². The molecule has 2 aromatic heterocycles. The number of aromatic nitrogens is 2. The Morgan fingerprint density at radius 3 is 3.28 bits per heavy atom. The van der Waals surface area contributed by atoms with Gasteiger partial charge in [-0.25, -0.2) is 4.98 Å². The van der Waals surface area contributed by atoms with Crippen LogP contribution in [-0.2, 0) is 6.42 Å². The molecule has 96 valence electrons. The van der Waals surface area contributed by atoms with E-state index in [2.05, 4.69) is 45.5 Å². The number of thiazole rings is 1. The minimum Gasteiger partial charge on any atom is -0.314 e. The number of allylic oxidation sites excluding steroid dienone is 1. The third kappa shape index (κ3) is 3.00. The summed E-state index contributed by atoms with van der Waals surface area (Å²) >= 11 is 1.69. The van der Waals surface area contributed by atoms with Gasteiger partial charge < -0.3 is 5.32 Å². The molecule has 0 atom stereocenters. The van der Waals surface area contributed by atoms with Gasteiger partial charge in [-0.1, -0.05) is 11.6 Å². The zero-order chi connectivity index (χ0) is 12.4. The van der Waals surface area contributed by atoms with Crippen molar-refractivity contribution in [2.45, 2.75) is 38.6 Å². The lowest BCUT2D eigenvalue weighted by Crippen LogP contribution is -2.16. The zero-order valence-electron chi connectivity index (χ0n) is 10.7. The molecule has 1 aliphatic rings. The molecule has 1 N–H and O–H groups in total. The molecule has 1 aliphatic carbocycles. The Balaban J connectivity index is 1.50. The molecule has 1 saturated carbocycles. The molecule has 0 spiro atoms. The average Bonchev–Trinajstić information content (AvgIpc) is 2.93. The highest BCUT2D eigenvalue weighted by Gasteiger charge is 2.19. The van der Waals surface area contributed by atoms with Gasteiger partial charge in [-0.3, -0.25) is 4.40 Å². The molecule has 18 heavy (non-hydrogen) atoms. The number of fused-ring (bicyclic) bond motifs is 1. The summed E-state index contributed by atoms with van der Waals surface area (Å²) in [4.78, 5) is 5.70. The SMILES string of the molecule is C/C(=C/CCNC1CC1)Cc1cn2ccsc2n1. The average molecular weight is 261 g/mol. The van der Waals surface area contributed by atoms with Crippen LogP contribution >= 0.6 is 11.3 Å². The Kier molecular flexibility index (Phi) is 3.48. The van der Waals surface area contributed by atoms with Crippen molar-refractivity contribution in [2.75, 3.05) is 6.54 Å². The van der Waals surface area contributed by atoms with E-state index in [-0.39, 0.29) is 0 Å². The van der Waals surface area contributed by atoms with Crippen LogP contribution in [0.1, 0.15) is 31.9 Å². The Morgan fingerprint density at radius 1 is 1.61 bits per heavy atom. The molecule has 2 heterocycles. The van der Waals surface area contributed by atoms with Crippen LogP contribution in [0, 0.1) is 0 Å². The van der Waals surface area contributed by atoms with Gasteiger partial charge in [-0.2, -0.15) is 0 Å². The van der Waals surface area contributed by atoms with E-state index >= 15 is 0 Å². The fourth-order valence-electron chi connectivity index (χ4n) is 2.11. The molecule has 0 aromatic carbocycles. The van der Waals surface area contributed by atoms with Crippen LogP contribution in [0.5, 0.6) is 0 Å². The van der Waals surface area contributed by atoms with Crippen molar-refractivity contribution in [1.29, 1.82) is 0 Å². The minimum absolute atomic E-state index is 0.818. The van der Waals surface area contributed by atoms with Gasteiger partial charge in [0.15, 0.2) is 4.96 Å². The third-order valence-electron chi connectivity index (χ3n) is 3.25. The molecular weight excluding hydrogens is 242 g/mol. The molecule has 0 saturated heterocycles. The Bertz CT molecular complexity index is 520. The van der Waals surface area contributed by atoms with Gasteiger partial charge in [0.1, 0.15) is 0 Å². The summed E-state index contributed by atoms with van der Waals surface area (Å²) < 4.78 is 2.10. The maximum absolute atomic E-state index is 4.60. The Morgan fingerprint density at radius 2 is 2.50 bits per heavy atom. The van der Waals surface area contributed by atoms with Gasteiger partial charge in [0.2, 0.25) is 0 Å². The first-order valence-corrected chi connectivity index (χ1v) is 7.49. The molecule has 4 heteroatoms. The second-order valence-electron chi connectivity index (χ2n) is 5.07. The van der Waals surface area contributed by atoms with E-state index in [4.69, 9.17) is 0 Å². The van der Waals surface area contributed by atoms with Crippen molar-refractivity contribution in [3.05, 3.63) is 35.1 Å². The highest BCUT2D eigenvalue weighted by Crippen LogP contribution is 2.18. The second-order valence-corrected chi connectivity index (χ2v) is 5.94. The van der Waals surface area contributed by atoms with Crippen LogP contribution in [0.2, 0.25) is 0 Å². The van der Waals surface area contributed by atoms with E-state index in [9.17, 15) is 0 Å². The Hall–Kier alpha value is -1.13. The molecule has 0 aliphatic heterocycles. The summed E-state index contributed by atoms with van der Waals surface area (Å²) in [7, 11) is 0. The fourth-order valence-corrected chi connectivity index (χ4v) is 2.83. The van der Waals surface area contributed by atoms with Gasteiger partial charge in [0.25, 0.3) is 0 Å². The maximum Gasteiger partial charge on any atom is 0.193 e. The molecule has 0 unspecified atom stereocenters.